The van der Waals surface area contributed by atoms with E-state index in [2.05, 4.69) is 95.0 Å². The third kappa shape index (κ3) is 4.93. The Kier molecular flexibility index (Phi) is 7.50. The average molecular weight is 656 g/mol. The van der Waals surface area contributed by atoms with Gasteiger partial charge in [-0.2, -0.15) is 0 Å². The summed E-state index contributed by atoms with van der Waals surface area (Å²) in [6.45, 7) is 4.80. The third-order valence-electron chi connectivity index (χ3n) is 9.46. The molecular formula is C40H35BrN2O2. The Bertz CT molecular complexity index is 2080. The zero-order valence-corrected chi connectivity index (χ0v) is 27.7. The van der Waals surface area contributed by atoms with E-state index in [1.807, 2.05) is 38.4 Å². The standard InChI is InChI=1S/C40H35BrN2O2/c1-5-7-8-24(6-2)23-43-39(44)32-17-15-30-34-20-27-19-26(12-9-25-10-13-29(14-11-25)42(3)4)36(41)22-28(27)21-35(34)31-16-18-33(40(43)45)38(32)37(30)31/h10-11,13-22,24H,5-8,23H2,1-4H3. The van der Waals surface area contributed by atoms with Gasteiger partial charge in [-0.05, 0) is 127 Å². The number of fused-ring (bicyclic) bond motifs is 4. The van der Waals surface area contributed by atoms with Crippen LogP contribution in [0.5, 0.6) is 0 Å². The van der Waals surface area contributed by atoms with Crippen LogP contribution in [0.15, 0.2) is 77.3 Å². The quantitative estimate of drug-likeness (QED) is 0.127. The summed E-state index contributed by atoms with van der Waals surface area (Å²) in [6.07, 6.45) is 4.20. The van der Waals surface area contributed by atoms with Crippen LogP contribution in [0.25, 0.3) is 43.8 Å². The maximum Gasteiger partial charge on any atom is 0.261 e. The summed E-state index contributed by atoms with van der Waals surface area (Å²) in [5.74, 6) is 6.65. The molecule has 0 aromatic heterocycles. The minimum absolute atomic E-state index is 0.171. The van der Waals surface area contributed by atoms with Crippen LogP contribution in [0.2, 0.25) is 0 Å². The van der Waals surface area contributed by atoms with Gasteiger partial charge in [-0.3, -0.25) is 14.5 Å². The molecule has 2 aliphatic rings. The second-order valence-electron chi connectivity index (χ2n) is 12.5. The van der Waals surface area contributed by atoms with Gasteiger partial charge in [0.1, 0.15) is 0 Å². The van der Waals surface area contributed by atoms with Gasteiger partial charge < -0.3 is 4.90 Å². The second kappa shape index (κ2) is 11.5. The Morgan fingerprint density at radius 1 is 0.733 bits per heavy atom. The largest absolute Gasteiger partial charge is 0.378 e. The third-order valence-corrected chi connectivity index (χ3v) is 10.1. The number of halogens is 1. The fourth-order valence-electron chi connectivity index (χ4n) is 6.87. The number of anilines is 1. The maximum atomic E-state index is 13.8. The van der Waals surface area contributed by atoms with Gasteiger partial charge in [0, 0.05) is 58.4 Å². The Labute approximate surface area is 273 Å². The Balaban J connectivity index is 1.28. The lowest BCUT2D eigenvalue weighted by Gasteiger charge is -2.30. The molecule has 0 bridgehead atoms. The van der Waals surface area contributed by atoms with Gasteiger partial charge in [-0.1, -0.05) is 57.1 Å². The van der Waals surface area contributed by atoms with E-state index in [1.54, 1.807) is 0 Å². The summed E-state index contributed by atoms with van der Waals surface area (Å²) < 4.78 is 0.945. The van der Waals surface area contributed by atoms with E-state index in [9.17, 15) is 9.59 Å². The van der Waals surface area contributed by atoms with E-state index >= 15 is 0 Å². The van der Waals surface area contributed by atoms with Crippen molar-refractivity contribution in [1.29, 1.82) is 0 Å². The van der Waals surface area contributed by atoms with Crippen LogP contribution in [0.1, 0.15) is 71.4 Å². The molecule has 5 aromatic rings. The SMILES string of the molecule is CCCCC(CC)CN1C(=O)c2ccc3c4c(ccc(c24)C1=O)-c1cc2cc(C#Cc4ccc(N(C)C)cc4)c(Br)cc2cc1-3. The molecule has 5 aromatic carbocycles. The molecule has 1 heterocycles. The highest BCUT2D eigenvalue weighted by Gasteiger charge is 2.37. The smallest absolute Gasteiger partial charge is 0.261 e. The molecule has 1 aliphatic carbocycles. The number of imide groups is 1. The number of hydrogen-bond acceptors (Lipinski definition) is 3. The predicted molar refractivity (Wildman–Crippen MR) is 189 cm³/mol. The zero-order valence-electron chi connectivity index (χ0n) is 26.1. The van der Waals surface area contributed by atoms with Gasteiger partial charge in [0.05, 0.1) is 0 Å². The van der Waals surface area contributed by atoms with E-state index < -0.39 is 0 Å². The second-order valence-corrected chi connectivity index (χ2v) is 13.3. The summed E-state index contributed by atoms with van der Waals surface area (Å²) in [6, 6.07) is 25.0. The number of carbonyl (C=O) groups excluding carboxylic acids is 2. The number of nitrogens with zero attached hydrogens (tertiary/aromatic N) is 2. The lowest BCUT2D eigenvalue weighted by Crippen LogP contribution is -2.43. The van der Waals surface area contributed by atoms with E-state index in [1.165, 1.54) is 4.90 Å². The fraction of sp³-hybridized carbons (Fsp3) is 0.250. The molecule has 7 rings (SSSR count). The number of rotatable bonds is 7. The van der Waals surface area contributed by atoms with Gasteiger partial charge in [0.25, 0.3) is 11.8 Å². The molecule has 45 heavy (non-hydrogen) atoms. The lowest BCUT2D eigenvalue weighted by molar-refractivity contribution is 0.0580. The summed E-state index contributed by atoms with van der Waals surface area (Å²) in [7, 11) is 4.06. The molecule has 224 valence electrons. The van der Waals surface area contributed by atoms with Crippen molar-refractivity contribution < 1.29 is 9.59 Å². The topological polar surface area (TPSA) is 40.6 Å². The Morgan fingerprint density at radius 2 is 1.31 bits per heavy atom. The number of hydrogen-bond donors (Lipinski definition) is 0. The van der Waals surface area contributed by atoms with Crippen LogP contribution < -0.4 is 4.90 Å². The van der Waals surface area contributed by atoms with E-state index in [-0.39, 0.29) is 11.8 Å². The molecule has 0 spiro atoms. The summed E-state index contributed by atoms with van der Waals surface area (Å²) in [5.41, 5.74) is 8.68. The van der Waals surface area contributed by atoms with E-state index in [0.717, 1.165) is 90.8 Å². The molecule has 0 saturated heterocycles. The van der Waals surface area contributed by atoms with Gasteiger partial charge >= 0.3 is 0 Å². The summed E-state index contributed by atoms with van der Waals surface area (Å²) in [5, 5.41) is 4.01. The Hall–Kier alpha value is -4.40. The highest BCUT2D eigenvalue weighted by Crippen LogP contribution is 2.51. The zero-order chi connectivity index (χ0) is 31.4. The van der Waals surface area contributed by atoms with Crippen molar-refractivity contribution in [2.24, 2.45) is 5.92 Å². The van der Waals surface area contributed by atoms with Crippen molar-refractivity contribution in [1.82, 2.24) is 4.90 Å². The first kappa shape index (κ1) is 29.3. The van der Waals surface area contributed by atoms with Crippen LogP contribution in [0.3, 0.4) is 0 Å². The molecule has 0 saturated carbocycles. The lowest BCUT2D eigenvalue weighted by atomic mass is 9.89. The van der Waals surface area contributed by atoms with Gasteiger partial charge in [-0.15, -0.1) is 0 Å². The van der Waals surface area contributed by atoms with Gasteiger partial charge in [0.15, 0.2) is 0 Å². The molecule has 2 amide bonds. The molecule has 0 fully saturated rings. The van der Waals surface area contributed by atoms with Crippen molar-refractivity contribution in [2.45, 2.75) is 39.5 Å². The number of unbranched alkanes of at least 4 members (excludes halogenated alkanes) is 1. The highest BCUT2D eigenvalue weighted by molar-refractivity contribution is 9.10. The summed E-state index contributed by atoms with van der Waals surface area (Å²) >= 11 is 3.76. The first-order valence-corrected chi connectivity index (χ1v) is 16.6. The van der Waals surface area contributed by atoms with Crippen molar-refractivity contribution in [2.75, 3.05) is 25.5 Å². The number of carbonyl (C=O) groups is 2. The predicted octanol–water partition coefficient (Wildman–Crippen LogP) is 9.68. The van der Waals surface area contributed by atoms with Gasteiger partial charge in [-0.25, -0.2) is 0 Å². The molecule has 1 unspecified atom stereocenters. The van der Waals surface area contributed by atoms with Crippen LogP contribution >= 0.6 is 15.9 Å². The molecule has 1 aliphatic heterocycles. The number of benzene rings is 5. The normalized spacial score (nSPS) is 13.7. The maximum absolute atomic E-state index is 13.8. The molecule has 4 nitrogen and oxygen atoms in total. The minimum Gasteiger partial charge on any atom is -0.378 e. The average Bonchev–Trinajstić information content (AvgIpc) is 3.36. The Morgan fingerprint density at radius 3 is 1.89 bits per heavy atom. The molecule has 0 N–H and O–H groups in total. The van der Waals surface area contributed by atoms with E-state index in [4.69, 9.17) is 0 Å². The van der Waals surface area contributed by atoms with Crippen LogP contribution in [-0.2, 0) is 0 Å². The summed E-state index contributed by atoms with van der Waals surface area (Å²) in [4.78, 5) is 31.2. The molecule has 1 atom stereocenters. The van der Waals surface area contributed by atoms with Crippen molar-refractivity contribution in [3.8, 4) is 34.1 Å². The van der Waals surface area contributed by atoms with Crippen molar-refractivity contribution >= 4 is 55.0 Å². The minimum atomic E-state index is -0.171. The highest BCUT2D eigenvalue weighted by atomic mass is 79.9. The van der Waals surface area contributed by atoms with Crippen LogP contribution in [0, 0.1) is 17.8 Å². The molecule has 5 heteroatoms. The van der Waals surface area contributed by atoms with Crippen molar-refractivity contribution in [3.05, 3.63) is 99.5 Å². The first-order valence-electron chi connectivity index (χ1n) is 15.8. The number of amides is 2. The van der Waals surface area contributed by atoms with Crippen molar-refractivity contribution in [3.63, 3.8) is 0 Å². The van der Waals surface area contributed by atoms with Crippen LogP contribution in [0.4, 0.5) is 5.69 Å². The monoisotopic (exact) mass is 654 g/mol. The fourth-order valence-corrected chi connectivity index (χ4v) is 7.33. The van der Waals surface area contributed by atoms with Crippen LogP contribution in [-0.4, -0.2) is 37.4 Å². The molecular weight excluding hydrogens is 620 g/mol. The van der Waals surface area contributed by atoms with Gasteiger partial charge in [0.2, 0.25) is 0 Å². The molecule has 0 radical (unpaired) electrons. The first-order chi connectivity index (χ1) is 21.8. The van der Waals surface area contributed by atoms with E-state index in [0.29, 0.717) is 23.6 Å².